The second kappa shape index (κ2) is 4.62. The molecule has 2 aromatic rings. The summed E-state index contributed by atoms with van der Waals surface area (Å²) in [5.41, 5.74) is 5.87. The Kier molecular flexibility index (Phi) is 3.38. The molecule has 0 saturated heterocycles. The van der Waals surface area contributed by atoms with E-state index in [9.17, 15) is 4.79 Å². The van der Waals surface area contributed by atoms with Gasteiger partial charge in [0, 0.05) is 9.85 Å². The van der Waals surface area contributed by atoms with Crippen LogP contribution in [0.5, 0.6) is 0 Å². The molecule has 0 fully saturated rings. The number of carboxylic acids is 1. The van der Waals surface area contributed by atoms with Crippen LogP contribution in [0.4, 0.5) is 0 Å². The molecule has 0 aliphatic rings. The van der Waals surface area contributed by atoms with Gasteiger partial charge in [-0.25, -0.2) is 4.98 Å². The van der Waals surface area contributed by atoms with Crippen LogP contribution in [0.1, 0.15) is 11.7 Å². The van der Waals surface area contributed by atoms with E-state index >= 15 is 0 Å². The zero-order valence-corrected chi connectivity index (χ0v) is 11.1. The molecular formula is C9H7BrN2O2S2. The van der Waals surface area contributed by atoms with Crippen molar-refractivity contribution in [1.82, 2.24) is 4.98 Å². The first kappa shape index (κ1) is 11.7. The third-order valence-electron chi connectivity index (χ3n) is 1.92. The Labute approximate surface area is 108 Å². The molecular weight excluding hydrogens is 312 g/mol. The Morgan fingerprint density at radius 3 is 2.88 bits per heavy atom. The number of rotatable bonds is 3. The summed E-state index contributed by atoms with van der Waals surface area (Å²) in [5, 5.41) is 13.2. The minimum Gasteiger partial charge on any atom is -0.480 e. The first-order valence-corrected chi connectivity index (χ1v) is 6.82. The molecule has 2 heterocycles. The summed E-state index contributed by atoms with van der Waals surface area (Å²) in [6, 6.07) is 0.877. The van der Waals surface area contributed by atoms with Gasteiger partial charge in [-0.2, -0.15) is 0 Å². The number of aromatic nitrogens is 1. The molecule has 0 aliphatic heterocycles. The maximum Gasteiger partial charge on any atom is 0.326 e. The molecule has 0 aromatic carbocycles. The van der Waals surface area contributed by atoms with Crippen molar-refractivity contribution in [3.8, 4) is 9.88 Å². The van der Waals surface area contributed by atoms with Crippen LogP contribution in [0.15, 0.2) is 21.3 Å². The minimum absolute atomic E-state index is 0.396. The van der Waals surface area contributed by atoms with E-state index < -0.39 is 12.0 Å². The molecule has 1 unspecified atom stereocenters. The molecule has 2 rings (SSSR count). The first-order chi connectivity index (χ1) is 7.59. The predicted molar refractivity (Wildman–Crippen MR) is 67.7 cm³/mol. The van der Waals surface area contributed by atoms with Gasteiger partial charge < -0.3 is 10.8 Å². The van der Waals surface area contributed by atoms with E-state index in [2.05, 4.69) is 20.9 Å². The van der Waals surface area contributed by atoms with Crippen molar-refractivity contribution >= 4 is 44.6 Å². The van der Waals surface area contributed by atoms with Gasteiger partial charge in [0.05, 0.1) is 10.6 Å². The molecule has 0 saturated carbocycles. The quantitative estimate of drug-likeness (QED) is 0.912. The lowest BCUT2D eigenvalue weighted by Gasteiger charge is -2.00. The zero-order valence-electron chi connectivity index (χ0n) is 7.88. The molecule has 16 heavy (non-hydrogen) atoms. The van der Waals surface area contributed by atoms with Crippen LogP contribution in [-0.2, 0) is 4.79 Å². The van der Waals surface area contributed by atoms with E-state index in [1.54, 1.807) is 16.7 Å². The highest BCUT2D eigenvalue weighted by Gasteiger charge is 2.19. The van der Waals surface area contributed by atoms with Gasteiger partial charge in [-0.15, -0.1) is 22.7 Å². The Morgan fingerprint density at radius 2 is 2.31 bits per heavy atom. The average molecular weight is 319 g/mol. The Balaban J connectivity index is 2.33. The van der Waals surface area contributed by atoms with Gasteiger partial charge in [-0.3, -0.25) is 4.79 Å². The number of hydrogen-bond acceptors (Lipinski definition) is 5. The van der Waals surface area contributed by atoms with Crippen LogP contribution in [0.2, 0.25) is 0 Å². The molecule has 0 radical (unpaired) electrons. The van der Waals surface area contributed by atoms with E-state index in [0.29, 0.717) is 5.69 Å². The topological polar surface area (TPSA) is 76.2 Å². The van der Waals surface area contributed by atoms with Crippen molar-refractivity contribution in [3.63, 3.8) is 0 Å². The van der Waals surface area contributed by atoms with E-state index in [1.807, 2.05) is 11.4 Å². The fourth-order valence-corrected chi connectivity index (χ4v) is 3.78. The van der Waals surface area contributed by atoms with E-state index in [-0.39, 0.29) is 0 Å². The maximum absolute atomic E-state index is 10.7. The van der Waals surface area contributed by atoms with Gasteiger partial charge in [0.2, 0.25) is 0 Å². The van der Waals surface area contributed by atoms with Gasteiger partial charge in [0.15, 0.2) is 0 Å². The summed E-state index contributed by atoms with van der Waals surface area (Å²) in [4.78, 5) is 15.9. The van der Waals surface area contributed by atoms with Crippen molar-refractivity contribution in [3.05, 3.63) is 27.0 Å². The van der Waals surface area contributed by atoms with Crippen LogP contribution >= 0.6 is 38.6 Å². The van der Waals surface area contributed by atoms with Crippen LogP contribution in [-0.4, -0.2) is 16.1 Å². The summed E-state index contributed by atoms with van der Waals surface area (Å²) in [6.07, 6.45) is 0. The highest BCUT2D eigenvalue weighted by atomic mass is 79.9. The third kappa shape index (κ3) is 2.17. The lowest BCUT2D eigenvalue weighted by atomic mass is 10.2. The number of nitrogens with zero attached hydrogens (tertiary/aromatic N) is 1. The third-order valence-corrected chi connectivity index (χ3v) is 4.77. The Hall–Kier alpha value is -0.760. The number of aliphatic carboxylic acids is 1. The van der Waals surface area contributed by atoms with Crippen LogP contribution < -0.4 is 5.73 Å². The van der Waals surface area contributed by atoms with E-state index in [4.69, 9.17) is 10.8 Å². The van der Waals surface area contributed by atoms with Crippen LogP contribution in [0.25, 0.3) is 9.88 Å². The zero-order chi connectivity index (χ0) is 11.7. The lowest BCUT2D eigenvalue weighted by Crippen LogP contribution is -2.20. The van der Waals surface area contributed by atoms with Crippen molar-refractivity contribution in [2.75, 3.05) is 0 Å². The normalized spacial score (nSPS) is 12.6. The van der Waals surface area contributed by atoms with Crippen molar-refractivity contribution in [2.24, 2.45) is 5.73 Å². The Bertz CT molecular complexity index is 523. The number of thiophene rings is 1. The highest BCUT2D eigenvalue weighted by Crippen LogP contribution is 2.35. The SMILES string of the molecule is NC(C(=O)O)c1csc(-c2sccc2Br)n1. The molecule has 0 spiro atoms. The standard InChI is InChI=1S/C9H7BrN2O2S2/c10-4-1-2-15-7(4)8-12-5(3-16-8)6(11)9(13)14/h1-3,6H,11H2,(H,13,14). The van der Waals surface area contributed by atoms with Crippen molar-refractivity contribution < 1.29 is 9.90 Å². The molecule has 1 atom stereocenters. The van der Waals surface area contributed by atoms with Gasteiger partial charge in [-0.1, -0.05) is 0 Å². The van der Waals surface area contributed by atoms with Gasteiger partial charge >= 0.3 is 5.97 Å². The molecule has 2 aromatic heterocycles. The molecule has 0 bridgehead atoms. The van der Waals surface area contributed by atoms with E-state index in [1.165, 1.54) is 11.3 Å². The fourth-order valence-electron chi connectivity index (χ4n) is 1.11. The second-order valence-corrected chi connectivity index (χ2v) is 5.62. The lowest BCUT2D eigenvalue weighted by molar-refractivity contribution is -0.138. The predicted octanol–water partition coefficient (Wildman–Crippen LogP) is 2.72. The first-order valence-electron chi connectivity index (χ1n) is 4.26. The fraction of sp³-hybridized carbons (Fsp3) is 0.111. The molecule has 84 valence electrons. The number of nitrogens with two attached hydrogens (primary N) is 1. The number of carbonyl (C=O) groups is 1. The molecule has 0 amide bonds. The minimum atomic E-state index is -1.07. The van der Waals surface area contributed by atoms with E-state index in [0.717, 1.165) is 14.4 Å². The largest absolute Gasteiger partial charge is 0.480 e. The van der Waals surface area contributed by atoms with Crippen molar-refractivity contribution in [1.29, 1.82) is 0 Å². The summed E-state index contributed by atoms with van der Waals surface area (Å²) >= 11 is 6.35. The van der Waals surface area contributed by atoms with Gasteiger partial charge in [0.1, 0.15) is 11.0 Å². The van der Waals surface area contributed by atoms with Gasteiger partial charge in [-0.05, 0) is 27.4 Å². The number of thiazole rings is 1. The number of halogens is 1. The molecule has 0 aliphatic carbocycles. The summed E-state index contributed by atoms with van der Waals surface area (Å²) in [6.45, 7) is 0. The summed E-state index contributed by atoms with van der Waals surface area (Å²) in [5.74, 6) is -1.07. The highest BCUT2D eigenvalue weighted by molar-refractivity contribution is 9.10. The number of carboxylic acid groups (broad SMARTS) is 1. The Morgan fingerprint density at radius 1 is 1.56 bits per heavy atom. The van der Waals surface area contributed by atoms with Crippen molar-refractivity contribution in [2.45, 2.75) is 6.04 Å². The monoisotopic (exact) mass is 318 g/mol. The second-order valence-electron chi connectivity index (χ2n) is 2.99. The summed E-state index contributed by atoms with van der Waals surface area (Å²) < 4.78 is 0.960. The van der Waals surface area contributed by atoms with Crippen LogP contribution in [0.3, 0.4) is 0 Å². The number of hydrogen-bond donors (Lipinski definition) is 2. The summed E-state index contributed by atoms with van der Waals surface area (Å²) in [7, 11) is 0. The average Bonchev–Trinajstić information content (AvgIpc) is 2.84. The van der Waals surface area contributed by atoms with Gasteiger partial charge in [0.25, 0.3) is 0 Å². The van der Waals surface area contributed by atoms with Crippen LogP contribution in [0, 0.1) is 0 Å². The molecule has 3 N–H and O–H groups in total. The maximum atomic E-state index is 10.7. The molecule has 7 heteroatoms. The molecule has 4 nitrogen and oxygen atoms in total. The smallest absolute Gasteiger partial charge is 0.326 e.